The van der Waals surface area contributed by atoms with E-state index in [9.17, 15) is 23.1 Å². The highest BCUT2D eigenvalue weighted by Gasteiger charge is 2.38. The Morgan fingerprint density at radius 1 is 1.26 bits per heavy atom. The number of benzene rings is 1. The summed E-state index contributed by atoms with van der Waals surface area (Å²) in [4.78, 5) is 24.9. The molecule has 1 aliphatic heterocycles. The third-order valence-electron chi connectivity index (χ3n) is 4.16. The number of nitrogens with one attached hydrogen (secondary N) is 1. The third kappa shape index (κ3) is 4.12. The van der Waals surface area contributed by atoms with Gasteiger partial charge < -0.3 is 14.8 Å². The standard InChI is InChI=1S/C17H19N3O6S/c1-27(24,25)20-9-8-19(17(20)23)16(22)18-11-14(21)12-4-6-13(7-5-12)15-3-2-10-26-15/h2-7,10,14,21H,8-9,11H2,1H3,(H,18,22). The molecule has 9 nitrogen and oxygen atoms in total. The second-order valence-electron chi connectivity index (χ2n) is 6.07. The normalized spacial score (nSPS) is 15.9. The van der Waals surface area contributed by atoms with Crippen molar-refractivity contribution in [2.45, 2.75) is 6.10 Å². The number of imide groups is 1. The smallest absolute Gasteiger partial charge is 0.341 e. The number of amides is 4. The average molecular weight is 393 g/mol. The Kier molecular flexibility index (Phi) is 5.19. The first-order chi connectivity index (χ1) is 12.8. The first-order valence-electron chi connectivity index (χ1n) is 8.16. The Labute approximate surface area is 156 Å². The number of carbonyl (C=O) groups is 2. The molecule has 0 saturated carbocycles. The molecule has 1 unspecified atom stereocenters. The second-order valence-corrected chi connectivity index (χ2v) is 7.98. The molecule has 2 aromatic rings. The van der Waals surface area contributed by atoms with E-state index in [1.165, 1.54) is 0 Å². The van der Waals surface area contributed by atoms with Gasteiger partial charge in [0, 0.05) is 12.1 Å². The average Bonchev–Trinajstić information content (AvgIpc) is 3.28. The van der Waals surface area contributed by atoms with Crippen LogP contribution in [0.3, 0.4) is 0 Å². The lowest BCUT2D eigenvalue weighted by Gasteiger charge is -2.18. The van der Waals surface area contributed by atoms with E-state index in [0.717, 1.165) is 16.7 Å². The predicted octanol–water partition coefficient (Wildman–Crippen LogP) is 1.39. The molecule has 1 atom stereocenters. The molecule has 1 aromatic heterocycles. The van der Waals surface area contributed by atoms with Crippen molar-refractivity contribution in [3.05, 3.63) is 48.2 Å². The fraction of sp³-hybridized carbons (Fsp3) is 0.294. The van der Waals surface area contributed by atoms with E-state index in [2.05, 4.69) is 5.32 Å². The summed E-state index contributed by atoms with van der Waals surface area (Å²) in [5, 5.41) is 12.7. The zero-order valence-corrected chi connectivity index (χ0v) is 15.3. The van der Waals surface area contributed by atoms with E-state index in [1.807, 2.05) is 6.07 Å². The van der Waals surface area contributed by atoms with Gasteiger partial charge in [-0.1, -0.05) is 24.3 Å². The Bertz CT molecular complexity index is 924. The molecular weight excluding hydrogens is 374 g/mol. The van der Waals surface area contributed by atoms with Gasteiger partial charge in [0.1, 0.15) is 5.76 Å². The monoisotopic (exact) mass is 393 g/mol. The van der Waals surface area contributed by atoms with Crippen molar-refractivity contribution in [3.8, 4) is 11.3 Å². The van der Waals surface area contributed by atoms with Crippen LogP contribution in [0.25, 0.3) is 11.3 Å². The first-order valence-corrected chi connectivity index (χ1v) is 10.0. The molecule has 4 amide bonds. The lowest BCUT2D eigenvalue weighted by molar-refractivity contribution is 0.164. The Morgan fingerprint density at radius 2 is 1.96 bits per heavy atom. The van der Waals surface area contributed by atoms with Crippen LogP contribution < -0.4 is 5.32 Å². The zero-order valence-electron chi connectivity index (χ0n) is 14.5. The number of aliphatic hydroxyl groups excluding tert-OH is 1. The van der Waals surface area contributed by atoms with E-state index in [4.69, 9.17) is 4.42 Å². The lowest BCUT2D eigenvalue weighted by Crippen LogP contribution is -2.44. The van der Waals surface area contributed by atoms with Crippen LogP contribution in [-0.2, 0) is 10.0 Å². The number of aliphatic hydroxyl groups is 1. The van der Waals surface area contributed by atoms with Crippen molar-refractivity contribution >= 4 is 22.1 Å². The van der Waals surface area contributed by atoms with Gasteiger partial charge in [-0.2, -0.15) is 0 Å². The molecule has 0 radical (unpaired) electrons. The number of sulfonamides is 1. The SMILES string of the molecule is CS(=O)(=O)N1CCN(C(=O)NCC(O)c2ccc(-c3ccco3)cc2)C1=O. The van der Waals surface area contributed by atoms with Gasteiger partial charge in [-0.05, 0) is 17.7 Å². The van der Waals surface area contributed by atoms with Crippen molar-refractivity contribution in [1.29, 1.82) is 0 Å². The minimum atomic E-state index is -3.71. The van der Waals surface area contributed by atoms with E-state index >= 15 is 0 Å². The summed E-state index contributed by atoms with van der Waals surface area (Å²) in [6.45, 7) is -0.241. The molecule has 0 aliphatic carbocycles. The molecule has 144 valence electrons. The van der Waals surface area contributed by atoms with E-state index < -0.39 is 28.2 Å². The summed E-state index contributed by atoms with van der Waals surface area (Å²) in [7, 11) is -3.71. The summed E-state index contributed by atoms with van der Waals surface area (Å²) in [6, 6.07) is 8.93. The fourth-order valence-electron chi connectivity index (χ4n) is 2.72. The van der Waals surface area contributed by atoms with Gasteiger partial charge in [0.2, 0.25) is 10.0 Å². The first kappa shape index (κ1) is 18.9. The number of carbonyl (C=O) groups excluding carboxylic acids is 2. The molecule has 1 saturated heterocycles. The molecule has 0 spiro atoms. The largest absolute Gasteiger partial charge is 0.464 e. The number of rotatable bonds is 5. The maximum absolute atomic E-state index is 12.1. The minimum absolute atomic E-state index is 0.0360. The summed E-state index contributed by atoms with van der Waals surface area (Å²) >= 11 is 0. The third-order valence-corrected chi connectivity index (χ3v) is 5.30. The number of nitrogens with zero attached hydrogens (tertiary/aromatic N) is 2. The van der Waals surface area contributed by atoms with Crippen LogP contribution in [-0.4, -0.2) is 60.7 Å². The molecule has 10 heteroatoms. The predicted molar refractivity (Wildman–Crippen MR) is 96.2 cm³/mol. The Morgan fingerprint density at radius 3 is 2.52 bits per heavy atom. The molecule has 2 heterocycles. The topological polar surface area (TPSA) is 120 Å². The van der Waals surface area contributed by atoms with Gasteiger partial charge in [-0.3, -0.25) is 0 Å². The van der Waals surface area contributed by atoms with Crippen LogP contribution in [0.5, 0.6) is 0 Å². The molecule has 1 aromatic carbocycles. The highest BCUT2D eigenvalue weighted by Crippen LogP contribution is 2.22. The highest BCUT2D eigenvalue weighted by molar-refractivity contribution is 7.88. The molecule has 2 N–H and O–H groups in total. The van der Waals surface area contributed by atoms with Gasteiger partial charge >= 0.3 is 12.1 Å². The highest BCUT2D eigenvalue weighted by atomic mass is 32.2. The summed E-state index contributed by atoms with van der Waals surface area (Å²) in [6.07, 6.45) is 1.49. The van der Waals surface area contributed by atoms with Crippen molar-refractivity contribution in [1.82, 2.24) is 14.5 Å². The molecule has 3 rings (SSSR count). The Hall–Kier alpha value is -2.85. The van der Waals surface area contributed by atoms with Crippen LogP contribution in [0.2, 0.25) is 0 Å². The Balaban J connectivity index is 1.57. The van der Waals surface area contributed by atoms with Crippen LogP contribution in [0, 0.1) is 0 Å². The van der Waals surface area contributed by atoms with Gasteiger partial charge in [0.15, 0.2) is 0 Å². The van der Waals surface area contributed by atoms with Gasteiger partial charge in [-0.15, -0.1) is 0 Å². The number of hydrogen-bond donors (Lipinski definition) is 2. The quantitative estimate of drug-likeness (QED) is 0.792. The van der Waals surface area contributed by atoms with Crippen LogP contribution in [0.4, 0.5) is 9.59 Å². The van der Waals surface area contributed by atoms with Gasteiger partial charge in [-0.25, -0.2) is 27.2 Å². The maximum Gasteiger partial charge on any atom is 0.341 e. The molecule has 27 heavy (non-hydrogen) atoms. The van der Waals surface area contributed by atoms with Crippen molar-refractivity contribution < 1.29 is 27.5 Å². The summed E-state index contributed by atoms with van der Waals surface area (Å²) in [5.41, 5.74) is 1.43. The van der Waals surface area contributed by atoms with E-state index in [1.54, 1.807) is 36.6 Å². The van der Waals surface area contributed by atoms with E-state index in [-0.39, 0.29) is 19.6 Å². The zero-order chi connectivity index (χ0) is 19.6. The van der Waals surface area contributed by atoms with Crippen LogP contribution in [0.15, 0.2) is 47.1 Å². The van der Waals surface area contributed by atoms with Crippen molar-refractivity contribution in [3.63, 3.8) is 0 Å². The maximum atomic E-state index is 12.1. The number of urea groups is 2. The van der Waals surface area contributed by atoms with Crippen LogP contribution in [0.1, 0.15) is 11.7 Å². The van der Waals surface area contributed by atoms with Gasteiger partial charge in [0.05, 0.1) is 31.7 Å². The van der Waals surface area contributed by atoms with Gasteiger partial charge in [0.25, 0.3) is 0 Å². The molecular formula is C17H19N3O6S. The van der Waals surface area contributed by atoms with E-state index in [0.29, 0.717) is 15.6 Å². The molecule has 1 aliphatic rings. The van der Waals surface area contributed by atoms with Crippen molar-refractivity contribution in [2.24, 2.45) is 0 Å². The summed E-state index contributed by atoms with van der Waals surface area (Å²) in [5.74, 6) is 0.701. The fourth-order valence-corrected chi connectivity index (χ4v) is 3.52. The molecule has 0 bridgehead atoms. The van der Waals surface area contributed by atoms with Crippen molar-refractivity contribution in [2.75, 3.05) is 25.9 Å². The molecule has 1 fully saturated rings. The number of hydrogen-bond acceptors (Lipinski definition) is 6. The second kappa shape index (κ2) is 7.41. The lowest BCUT2D eigenvalue weighted by atomic mass is 10.1. The minimum Gasteiger partial charge on any atom is -0.464 e. The number of furan rings is 1. The van der Waals surface area contributed by atoms with Crippen LogP contribution >= 0.6 is 0 Å². The summed E-state index contributed by atoms with van der Waals surface area (Å²) < 4.78 is 28.9.